The fraction of sp³-hybridized carbons (Fsp3) is 0.591. The molecule has 1 spiro atoms. The molecule has 1 saturated carbocycles. The largest absolute Gasteiger partial charge is 0.367 e. The molecule has 162 valence electrons. The Kier molecular flexibility index (Phi) is 5.66. The molecule has 0 aromatic heterocycles. The second-order valence-electron chi connectivity index (χ2n) is 8.73. The highest BCUT2D eigenvalue weighted by Crippen LogP contribution is 2.35. The van der Waals surface area contributed by atoms with E-state index in [9.17, 15) is 18.8 Å². The Hall–Kier alpha value is -2.64. The average molecular weight is 416 g/mol. The van der Waals surface area contributed by atoms with Crippen molar-refractivity contribution < 1.29 is 18.8 Å². The van der Waals surface area contributed by atoms with E-state index in [1.54, 1.807) is 6.07 Å². The maximum absolute atomic E-state index is 14.2. The third kappa shape index (κ3) is 4.00. The second-order valence-corrected chi connectivity index (χ2v) is 8.73. The Morgan fingerprint density at radius 2 is 2.03 bits per heavy atom. The number of benzene rings is 1. The highest BCUT2D eigenvalue weighted by molar-refractivity contribution is 6.07. The predicted octanol–water partition coefficient (Wildman–Crippen LogP) is 2.47. The summed E-state index contributed by atoms with van der Waals surface area (Å²) in [5.74, 6) is -0.650. The number of hydrogen-bond acceptors (Lipinski definition) is 4. The lowest BCUT2D eigenvalue weighted by molar-refractivity contribution is -0.131. The van der Waals surface area contributed by atoms with E-state index in [0.29, 0.717) is 25.1 Å². The van der Waals surface area contributed by atoms with Crippen LogP contribution in [0.1, 0.15) is 50.5 Å². The molecule has 1 atom stereocenters. The number of aryl methyl sites for hydroxylation is 1. The Bertz CT molecular complexity index is 853. The Labute approximate surface area is 176 Å². The minimum Gasteiger partial charge on any atom is -0.367 e. The zero-order valence-electron chi connectivity index (χ0n) is 17.4. The first-order chi connectivity index (χ1) is 14.4. The molecule has 0 radical (unpaired) electrons. The van der Waals surface area contributed by atoms with Crippen molar-refractivity contribution in [3.8, 4) is 0 Å². The lowest BCUT2D eigenvalue weighted by Crippen LogP contribution is -2.48. The van der Waals surface area contributed by atoms with Crippen molar-refractivity contribution in [1.82, 2.24) is 15.5 Å². The van der Waals surface area contributed by atoms with Crippen LogP contribution in [0.3, 0.4) is 0 Å². The normalized spacial score (nSPS) is 23.2. The summed E-state index contributed by atoms with van der Waals surface area (Å²) in [4.78, 5) is 40.5. The van der Waals surface area contributed by atoms with Gasteiger partial charge in [-0.3, -0.25) is 14.5 Å². The molecule has 8 heteroatoms. The molecule has 7 nitrogen and oxygen atoms in total. The van der Waals surface area contributed by atoms with Crippen LogP contribution in [-0.4, -0.2) is 54.0 Å². The molecule has 4 rings (SSSR count). The number of halogens is 1. The number of urea groups is 1. The number of carbonyl (C=O) groups is 3. The third-order valence-corrected chi connectivity index (χ3v) is 6.49. The molecule has 2 saturated heterocycles. The van der Waals surface area contributed by atoms with Gasteiger partial charge in [0.1, 0.15) is 11.4 Å². The van der Waals surface area contributed by atoms with Crippen LogP contribution in [0.15, 0.2) is 18.2 Å². The number of piperidine rings is 1. The predicted molar refractivity (Wildman–Crippen MR) is 111 cm³/mol. The Morgan fingerprint density at radius 3 is 2.80 bits per heavy atom. The minimum atomic E-state index is -0.741. The van der Waals surface area contributed by atoms with Gasteiger partial charge in [0.05, 0.1) is 5.69 Å². The summed E-state index contributed by atoms with van der Waals surface area (Å²) in [5.41, 5.74) is 0.816. The molecule has 2 heterocycles. The van der Waals surface area contributed by atoms with E-state index in [-0.39, 0.29) is 36.6 Å². The summed E-state index contributed by atoms with van der Waals surface area (Å²) in [7, 11) is 0. The Balaban J connectivity index is 1.30. The first-order valence-electron chi connectivity index (χ1n) is 10.8. The number of carbonyl (C=O) groups excluding carboxylic acids is 3. The summed E-state index contributed by atoms with van der Waals surface area (Å²) in [6, 6.07) is 4.56. The molecule has 1 aromatic carbocycles. The van der Waals surface area contributed by atoms with Crippen molar-refractivity contribution in [2.45, 2.75) is 63.5 Å². The molecule has 3 aliphatic rings. The highest BCUT2D eigenvalue weighted by Gasteiger charge is 2.52. The molecule has 2 aliphatic heterocycles. The lowest BCUT2D eigenvalue weighted by Gasteiger charge is -2.35. The average Bonchev–Trinajstić information content (AvgIpc) is 3.28. The molecule has 3 fully saturated rings. The van der Waals surface area contributed by atoms with Crippen LogP contribution in [0.5, 0.6) is 0 Å². The van der Waals surface area contributed by atoms with Gasteiger partial charge in [-0.1, -0.05) is 18.9 Å². The number of amides is 4. The maximum Gasteiger partial charge on any atom is 0.325 e. The van der Waals surface area contributed by atoms with E-state index < -0.39 is 11.6 Å². The van der Waals surface area contributed by atoms with Gasteiger partial charge in [-0.2, -0.15) is 0 Å². The standard InChI is InChI=1S/C22H29FN4O3/c1-15-6-7-17(23)18(13-15)26-11-4-5-16(14-26)24-19(28)8-12-27-20(29)22(25-21(27)30)9-2-3-10-22/h6-7,13,16H,2-5,8-12,14H2,1H3,(H,24,28)(H,25,30). The number of hydrogen-bond donors (Lipinski definition) is 2. The first-order valence-corrected chi connectivity index (χ1v) is 10.8. The SMILES string of the molecule is Cc1ccc(F)c(N2CCCC(NC(=O)CCN3C(=O)NC4(CCCC4)C3=O)C2)c1. The van der Waals surface area contributed by atoms with Crippen LogP contribution >= 0.6 is 0 Å². The van der Waals surface area contributed by atoms with Crippen molar-refractivity contribution in [2.75, 3.05) is 24.5 Å². The van der Waals surface area contributed by atoms with E-state index >= 15 is 0 Å². The van der Waals surface area contributed by atoms with Crippen LogP contribution < -0.4 is 15.5 Å². The van der Waals surface area contributed by atoms with Crippen molar-refractivity contribution in [3.05, 3.63) is 29.6 Å². The van der Waals surface area contributed by atoms with E-state index in [2.05, 4.69) is 10.6 Å². The topological polar surface area (TPSA) is 81.8 Å². The molecule has 0 bridgehead atoms. The number of nitrogens with zero attached hydrogens (tertiary/aromatic N) is 2. The summed E-state index contributed by atoms with van der Waals surface area (Å²) in [6.45, 7) is 3.30. The van der Waals surface area contributed by atoms with Gasteiger partial charge in [0.2, 0.25) is 5.91 Å². The molecule has 1 aromatic rings. The van der Waals surface area contributed by atoms with Crippen LogP contribution in [0.2, 0.25) is 0 Å². The Morgan fingerprint density at radius 1 is 1.27 bits per heavy atom. The van der Waals surface area contributed by atoms with E-state index in [0.717, 1.165) is 37.8 Å². The monoisotopic (exact) mass is 416 g/mol. The third-order valence-electron chi connectivity index (χ3n) is 6.49. The first kappa shape index (κ1) is 20.6. The fourth-order valence-electron chi connectivity index (χ4n) is 4.89. The van der Waals surface area contributed by atoms with Crippen molar-refractivity contribution in [2.24, 2.45) is 0 Å². The summed E-state index contributed by atoms with van der Waals surface area (Å²) in [5, 5.41) is 5.83. The number of anilines is 1. The van der Waals surface area contributed by atoms with Crippen LogP contribution in [0.4, 0.5) is 14.9 Å². The van der Waals surface area contributed by atoms with E-state index in [1.807, 2.05) is 17.9 Å². The number of imide groups is 1. The van der Waals surface area contributed by atoms with Gasteiger partial charge >= 0.3 is 6.03 Å². The molecular weight excluding hydrogens is 387 g/mol. The van der Waals surface area contributed by atoms with Crippen LogP contribution in [-0.2, 0) is 9.59 Å². The zero-order chi connectivity index (χ0) is 21.3. The number of nitrogens with one attached hydrogen (secondary N) is 2. The van der Waals surface area contributed by atoms with E-state index in [4.69, 9.17) is 0 Å². The summed E-state index contributed by atoms with van der Waals surface area (Å²) < 4.78 is 14.2. The van der Waals surface area contributed by atoms with Gasteiger partial charge < -0.3 is 15.5 Å². The van der Waals surface area contributed by atoms with Crippen LogP contribution in [0, 0.1) is 12.7 Å². The minimum absolute atomic E-state index is 0.0740. The smallest absolute Gasteiger partial charge is 0.325 e. The van der Waals surface area contributed by atoms with Gasteiger partial charge in [-0.15, -0.1) is 0 Å². The van der Waals surface area contributed by atoms with E-state index in [1.165, 1.54) is 11.0 Å². The summed E-state index contributed by atoms with van der Waals surface area (Å²) >= 11 is 0. The van der Waals surface area contributed by atoms with Crippen molar-refractivity contribution in [1.29, 1.82) is 0 Å². The van der Waals surface area contributed by atoms with Gasteiger partial charge in [0.15, 0.2) is 0 Å². The quantitative estimate of drug-likeness (QED) is 0.723. The van der Waals surface area contributed by atoms with Gasteiger partial charge in [0.25, 0.3) is 5.91 Å². The zero-order valence-corrected chi connectivity index (χ0v) is 17.4. The van der Waals surface area contributed by atoms with Gasteiger partial charge in [0, 0.05) is 32.1 Å². The maximum atomic E-state index is 14.2. The van der Waals surface area contributed by atoms with Crippen molar-refractivity contribution >= 4 is 23.5 Å². The molecule has 1 unspecified atom stereocenters. The highest BCUT2D eigenvalue weighted by atomic mass is 19.1. The summed E-state index contributed by atoms with van der Waals surface area (Å²) in [6.07, 6.45) is 4.96. The molecular formula is C22H29FN4O3. The van der Waals surface area contributed by atoms with Crippen LogP contribution in [0.25, 0.3) is 0 Å². The van der Waals surface area contributed by atoms with Crippen molar-refractivity contribution in [3.63, 3.8) is 0 Å². The lowest BCUT2D eigenvalue weighted by atomic mass is 9.98. The fourth-order valence-corrected chi connectivity index (χ4v) is 4.89. The molecule has 30 heavy (non-hydrogen) atoms. The second kappa shape index (κ2) is 8.24. The number of rotatable bonds is 5. The molecule has 1 aliphatic carbocycles. The molecule has 4 amide bonds. The van der Waals surface area contributed by atoms with Gasteiger partial charge in [-0.05, 0) is 50.3 Å². The van der Waals surface area contributed by atoms with Gasteiger partial charge in [-0.25, -0.2) is 9.18 Å². The molecule has 2 N–H and O–H groups in total.